The minimum Gasteiger partial charge on any atom is -0.272 e. The number of thiophene rings is 1. The molecular formula is C18H16N4OS. The molecule has 24 heavy (non-hydrogen) atoms. The number of nitrogens with one attached hydrogen (secondary N) is 2. The molecule has 2 aromatic heterocycles. The number of benzene rings is 1. The van der Waals surface area contributed by atoms with Crippen LogP contribution in [0, 0.1) is 6.92 Å². The molecule has 1 amide bonds. The molecule has 1 aliphatic rings. The Morgan fingerprint density at radius 1 is 1.29 bits per heavy atom. The Morgan fingerprint density at radius 3 is 3.00 bits per heavy atom. The number of fused-ring (bicyclic) bond motifs is 3. The zero-order valence-electron chi connectivity index (χ0n) is 13.2. The van der Waals surface area contributed by atoms with Crippen molar-refractivity contribution in [1.82, 2.24) is 15.6 Å². The Bertz CT molecular complexity index is 938. The van der Waals surface area contributed by atoms with Crippen molar-refractivity contribution < 1.29 is 4.79 Å². The lowest BCUT2D eigenvalue weighted by molar-refractivity contribution is 0.0949. The van der Waals surface area contributed by atoms with Crippen LogP contribution in [0.1, 0.15) is 31.4 Å². The minimum atomic E-state index is -0.257. The Balaban J connectivity index is 1.55. The van der Waals surface area contributed by atoms with E-state index in [1.54, 1.807) is 17.6 Å². The lowest BCUT2D eigenvalue weighted by Gasteiger charge is -2.15. The van der Waals surface area contributed by atoms with E-state index in [-0.39, 0.29) is 5.91 Å². The second kappa shape index (κ2) is 6.05. The first kappa shape index (κ1) is 14.8. The van der Waals surface area contributed by atoms with Gasteiger partial charge in [-0.1, -0.05) is 24.3 Å². The highest BCUT2D eigenvalue weighted by atomic mass is 32.1. The summed E-state index contributed by atoms with van der Waals surface area (Å²) < 4.78 is 0. The van der Waals surface area contributed by atoms with E-state index >= 15 is 0 Å². The molecule has 4 rings (SSSR count). The minimum absolute atomic E-state index is 0.257. The fourth-order valence-corrected chi connectivity index (χ4v) is 3.73. The third-order valence-electron chi connectivity index (χ3n) is 4.13. The number of hydrogen-bond acceptors (Lipinski definition) is 4. The van der Waals surface area contributed by atoms with E-state index in [0.29, 0.717) is 5.69 Å². The Kier molecular flexibility index (Phi) is 3.74. The molecule has 1 aromatic carbocycles. The second-order valence-corrected chi connectivity index (χ2v) is 7.05. The van der Waals surface area contributed by atoms with Gasteiger partial charge in [-0.05, 0) is 37.5 Å². The highest BCUT2D eigenvalue weighted by molar-refractivity contribution is 7.13. The Labute approximate surface area is 143 Å². The average molecular weight is 336 g/mol. The van der Waals surface area contributed by atoms with Crippen LogP contribution in [-0.4, -0.2) is 22.3 Å². The van der Waals surface area contributed by atoms with Crippen LogP contribution in [0.2, 0.25) is 0 Å². The molecule has 0 atom stereocenters. The van der Waals surface area contributed by atoms with E-state index in [2.05, 4.69) is 26.8 Å². The highest BCUT2D eigenvalue weighted by Crippen LogP contribution is 2.33. The first-order valence-electron chi connectivity index (χ1n) is 7.78. The number of carbonyl (C=O) groups is 1. The van der Waals surface area contributed by atoms with Crippen LogP contribution < -0.4 is 5.43 Å². The lowest BCUT2D eigenvalue weighted by atomic mass is 9.89. The number of aryl methyl sites for hydroxylation is 2. The summed E-state index contributed by atoms with van der Waals surface area (Å²) in [6.45, 7) is 2.04. The van der Waals surface area contributed by atoms with E-state index < -0.39 is 0 Å². The second-order valence-electron chi connectivity index (χ2n) is 5.73. The van der Waals surface area contributed by atoms with E-state index in [0.717, 1.165) is 34.5 Å². The van der Waals surface area contributed by atoms with E-state index in [4.69, 9.17) is 0 Å². The highest BCUT2D eigenvalue weighted by Gasteiger charge is 2.24. The van der Waals surface area contributed by atoms with Gasteiger partial charge in [0.25, 0.3) is 5.91 Å². The van der Waals surface area contributed by atoms with E-state index in [9.17, 15) is 4.79 Å². The van der Waals surface area contributed by atoms with Gasteiger partial charge in [-0.3, -0.25) is 9.89 Å². The number of aromatic nitrogens is 2. The van der Waals surface area contributed by atoms with Crippen LogP contribution in [0.3, 0.4) is 0 Å². The van der Waals surface area contributed by atoms with Gasteiger partial charge in [0.2, 0.25) is 0 Å². The van der Waals surface area contributed by atoms with Gasteiger partial charge in [-0.25, -0.2) is 5.43 Å². The molecule has 2 heterocycles. The van der Waals surface area contributed by atoms with Crippen molar-refractivity contribution in [3.63, 3.8) is 0 Å². The number of rotatable bonds is 3. The van der Waals surface area contributed by atoms with Crippen molar-refractivity contribution >= 4 is 23.5 Å². The summed E-state index contributed by atoms with van der Waals surface area (Å²) in [7, 11) is 0. The molecule has 2 N–H and O–H groups in total. The molecule has 5 nitrogen and oxygen atoms in total. The number of H-pyrrole nitrogens is 1. The van der Waals surface area contributed by atoms with Crippen LogP contribution in [0.5, 0.6) is 0 Å². The quantitative estimate of drug-likeness (QED) is 0.569. The zero-order valence-corrected chi connectivity index (χ0v) is 14.0. The van der Waals surface area contributed by atoms with Gasteiger partial charge in [-0.15, -0.1) is 11.3 Å². The maximum Gasteiger partial charge on any atom is 0.289 e. The van der Waals surface area contributed by atoms with Crippen molar-refractivity contribution in [3.05, 3.63) is 63.0 Å². The summed E-state index contributed by atoms with van der Waals surface area (Å²) in [5.74, 6) is -0.257. The fourth-order valence-electron chi connectivity index (χ4n) is 2.98. The van der Waals surface area contributed by atoms with Gasteiger partial charge in [0.15, 0.2) is 0 Å². The summed E-state index contributed by atoms with van der Waals surface area (Å²) in [6.07, 6.45) is 3.38. The smallest absolute Gasteiger partial charge is 0.272 e. The number of nitrogens with zero attached hydrogens (tertiary/aromatic N) is 2. The molecule has 0 bridgehead atoms. The predicted octanol–water partition coefficient (Wildman–Crippen LogP) is 3.31. The lowest BCUT2D eigenvalue weighted by Crippen LogP contribution is -2.20. The predicted molar refractivity (Wildman–Crippen MR) is 95.5 cm³/mol. The first-order valence-corrected chi connectivity index (χ1v) is 8.59. The van der Waals surface area contributed by atoms with E-state index in [1.165, 1.54) is 10.4 Å². The van der Waals surface area contributed by atoms with Gasteiger partial charge >= 0.3 is 0 Å². The molecule has 6 heteroatoms. The van der Waals surface area contributed by atoms with E-state index in [1.807, 2.05) is 37.3 Å². The molecule has 0 fully saturated rings. The summed E-state index contributed by atoms with van der Waals surface area (Å²) in [4.78, 5) is 14.6. The molecule has 1 aliphatic carbocycles. The molecule has 0 radical (unpaired) electrons. The first-order chi connectivity index (χ1) is 11.7. The third-order valence-corrected chi connectivity index (χ3v) is 5.07. The molecule has 120 valence electrons. The summed E-state index contributed by atoms with van der Waals surface area (Å²) in [6, 6.07) is 12.2. The molecular weight excluding hydrogens is 320 g/mol. The number of carbonyl (C=O) groups excluding carboxylic acids is 1. The van der Waals surface area contributed by atoms with Crippen molar-refractivity contribution in [2.45, 2.75) is 19.8 Å². The van der Waals surface area contributed by atoms with Crippen molar-refractivity contribution in [1.29, 1.82) is 0 Å². The van der Waals surface area contributed by atoms with Gasteiger partial charge < -0.3 is 0 Å². The van der Waals surface area contributed by atoms with Gasteiger partial charge in [0.1, 0.15) is 5.69 Å². The monoisotopic (exact) mass is 336 g/mol. The SMILES string of the molecule is Cc1ccc(C=NNC(=O)c2[nH]nc3c2CCc2ccccc2-3)s1. The molecule has 0 spiro atoms. The van der Waals surface area contributed by atoms with Crippen molar-refractivity contribution in [2.24, 2.45) is 5.10 Å². The maximum atomic E-state index is 12.4. The Morgan fingerprint density at radius 2 is 2.17 bits per heavy atom. The number of amides is 1. The number of hydrazone groups is 1. The van der Waals surface area contributed by atoms with Crippen LogP contribution >= 0.6 is 11.3 Å². The Hall–Kier alpha value is -2.73. The van der Waals surface area contributed by atoms with Gasteiger partial charge in [-0.2, -0.15) is 10.2 Å². The van der Waals surface area contributed by atoms with Crippen LogP contribution in [0.4, 0.5) is 0 Å². The summed E-state index contributed by atoms with van der Waals surface area (Å²) >= 11 is 1.63. The number of hydrogen-bond donors (Lipinski definition) is 2. The summed E-state index contributed by atoms with van der Waals surface area (Å²) in [5, 5.41) is 11.3. The van der Waals surface area contributed by atoms with Gasteiger partial charge in [0.05, 0.1) is 11.9 Å². The van der Waals surface area contributed by atoms with Crippen molar-refractivity contribution in [2.75, 3.05) is 0 Å². The number of aromatic amines is 1. The largest absolute Gasteiger partial charge is 0.289 e. The van der Waals surface area contributed by atoms with Crippen molar-refractivity contribution in [3.8, 4) is 11.3 Å². The fraction of sp³-hybridized carbons (Fsp3) is 0.167. The maximum absolute atomic E-state index is 12.4. The normalized spacial score (nSPS) is 12.9. The molecule has 0 saturated heterocycles. The van der Waals surface area contributed by atoms with Crippen LogP contribution in [0.25, 0.3) is 11.3 Å². The zero-order chi connectivity index (χ0) is 16.5. The van der Waals surface area contributed by atoms with Crippen LogP contribution in [0.15, 0.2) is 41.5 Å². The third kappa shape index (κ3) is 2.65. The van der Waals surface area contributed by atoms with Crippen LogP contribution in [-0.2, 0) is 12.8 Å². The molecule has 0 aliphatic heterocycles. The molecule has 0 saturated carbocycles. The molecule has 3 aromatic rings. The average Bonchev–Trinajstić information content (AvgIpc) is 3.21. The summed E-state index contributed by atoms with van der Waals surface area (Å²) in [5.41, 5.74) is 7.30. The van der Waals surface area contributed by atoms with Gasteiger partial charge in [0, 0.05) is 20.9 Å². The molecule has 0 unspecified atom stereocenters. The standard InChI is InChI=1S/C18H16N4OS/c1-11-6-8-13(24-11)10-19-22-18(23)17-15-9-7-12-4-2-3-5-14(12)16(15)20-21-17/h2-6,8,10H,7,9H2,1H3,(H,20,21)(H,22,23). The topological polar surface area (TPSA) is 70.1 Å².